The fourth-order valence-corrected chi connectivity index (χ4v) is 6.06. The molecule has 0 rings (SSSR count). The number of carbonyl (C=O) groups excluding carboxylic acids is 2. The molecule has 0 bridgehead atoms. The Kier molecular flexibility index (Phi) is 35.4. The topological polar surface area (TPSA) is 175 Å². The Morgan fingerprint density at radius 1 is 0.660 bits per heavy atom. The summed E-state index contributed by atoms with van der Waals surface area (Å²) in [4.78, 5) is 34.8. The minimum absolute atomic E-state index is 0.0180. The Bertz CT molecular complexity index is 1050. The Morgan fingerprint density at radius 3 is 1.81 bits per heavy atom. The molecule has 0 aliphatic heterocycles. The summed E-state index contributed by atoms with van der Waals surface area (Å²) >= 11 is 0. The minimum Gasteiger partial charge on any atom is -0.462 e. The van der Waals surface area contributed by atoms with Crippen molar-refractivity contribution in [2.24, 2.45) is 5.73 Å². The predicted molar refractivity (Wildman–Crippen MR) is 213 cm³/mol. The summed E-state index contributed by atoms with van der Waals surface area (Å²) < 4.78 is 32.5. The van der Waals surface area contributed by atoms with Crippen LogP contribution in [-0.4, -0.2) is 71.7 Å². The third kappa shape index (κ3) is 36.6. The maximum Gasteiger partial charge on any atom is 0.472 e. The molecule has 0 saturated heterocycles. The number of nitrogens with two attached hydrogens (primary N) is 1. The number of esters is 2. The van der Waals surface area contributed by atoms with E-state index < -0.39 is 44.7 Å². The molecule has 0 amide bonds. The summed E-state index contributed by atoms with van der Waals surface area (Å²) in [5.41, 5.74) is 5.32. The van der Waals surface area contributed by atoms with Crippen LogP contribution >= 0.6 is 7.82 Å². The molecule has 0 saturated carbocycles. The lowest BCUT2D eigenvalue weighted by atomic mass is 10.0. The van der Waals surface area contributed by atoms with E-state index in [-0.39, 0.29) is 32.6 Å². The largest absolute Gasteiger partial charge is 0.472 e. The number of phosphoric ester groups is 1. The zero-order valence-electron chi connectivity index (χ0n) is 33.0. The van der Waals surface area contributed by atoms with Crippen molar-refractivity contribution < 1.29 is 47.8 Å². The molecule has 0 aromatic rings. The molecule has 0 aliphatic rings. The highest BCUT2D eigenvalue weighted by Crippen LogP contribution is 2.43. The highest BCUT2D eigenvalue weighted by molar-refractivity contribution is 7.47. The number of unbranched alkanes of at least 4 members (excludes halogenated alkanes) is 15. The summed E-state index contributed by atoms with van der Waals surface area (Å²) in [5.74, 6) is -1.07. The van der Waals surface area contributed by atoms with E-state index in [1.54, 1.807) is 36.5 Å². The third-order valence-electron chi connectivity index (χ3n) is 8.41. The maximum atomic E-state index is 12.5. The number of hydrogen-bond acceptors (Lipinski definition) is 10. The molecule has 0 aliphatic carbocycles. The second-order valence-electron chi connectivity index (χ2n) is 13.6. The lowest BCUT2D eigenvalue weighted by Gasteiger charge is -2.20. The van der Waals surface area contributed by atoms with Crippen LogP contribution in [0.5, 0.6) is 0 Å². The molecule has 11 nitrogen and oxygen atoms in total. The van der Waals surface area contributed by atoms with Gasteiger partial charge in [0.15, 0.2) is 6.10 Å². The van der Waals surface area contributed by atoms with Gasteiger partial charge in [0, 0.05) is 19.4 Å². The van der Waals surface area contributed by atoms with Crippen molar-refractivity contribution in [1.29, 1.82) is 0 Å². The molecular formula is C41H74NO10P. The van der Waals surface area contributed by atoms with Crippen LogP contribution in [-0.2, 0) is 32.7 Å². The van der Waals surface area contributed by atoms with E-state index in [2.05, 4.69) is 19.9 Å². The van der Waals surface area contributed by atoms with E-state index in [1.807, 2.05) is 6.08 Å². The van der Waals surface area contributed by atoms with Crippen molar-refractivity contribution in [3.63, 3.8) is 0 Å². The average molecular weight is 772 g/mol. The van der Waals surface area contributed by atoms with Crippen LogP contribution in [0, 0.1) is 0 Å². The molecule has 1 unspecified atom stereocenters. The second kappa shape index (κ2) is 36.8. The zero-order chi connectivity index (χ0) is 39.3. The summed E-state index contributed by atoms with van der Waals surface area (Å²) in [5, 5.41) is 20.2. The van der Waals surface area contributed by atoms with Gasteiger partial charge in [-0.3, -0.25) is 18.6 Å². The molecular weight excluding hydrogens is 697 g/mol. The third-order valence-corrected chi connectivity index (χ3v) is 9.39. The minimum atomic E-state index is -4.43. The van der Waals surface area contributed by atoms with Crippen molar-refractivity contribution in [2.75, 3.05) is 26.4 Å². The van der Waals surface area contributed by atoms with Crippen molar-refractivity contribution in [3.05, 3.63) is 48.6 Å². The number of rotatable bonds is 37. The van der Waals surface area contributed by atoms with Gasteiger partial charge >= 0.3 is 19.8 Å². The van der Waals surface area contributed by atoms with E-state index in [0.29, 0.717) is 25.7 Å². The fraction of sp³-hybridized carbons (Fsp3) is 0.756. The summed E-state index contributed by atoms with van der Waals surface area (Å²) in [6, 6.07) is 0. The quantitative estimate of drug-likeness (QED) is 0.0156. The second-order valence-corrected chi connectivity index (χ2v) is 15.0. The van der Waals surface area contributed by atoms with Gasteiger partial charge in [0.1, 0.15) is 6.61 Å². The molecule has 0 aromatic heterocycles. The molecule has 5 N–H and O–H groups in total. The van der Waals surface area contributed by atoms with Gasteiger partial charge in [-0.2, -0.15) is 0 Å². The van der Waals surface area contributed by atoms with Crippen LogP contribution in [0.1, 0.15) is 155 Å². The first-order valence-corrected chi connectivity index (χ1v) is 21.8. The first-order valence-electron chi connectivity index (χ1n) is 20.3. The van der Waals surface area contributed by atoms with Gasteiger partial charge in [-0.1, -0.05) is 152 Å². The molecule has 4 atom stereocenters. The molecule has 12 heteroatoms. The SMILES string of the molecule is CCCCC/C=C\C[C@@H](O)/C=C/C=C/C=C\[C@@H](O)CCCC(=O)OC[C@H](COP(=O)(O)OCCN)OC(=O)CCCCCCCCCCCCCCC. The van der Waals surface area contributed by atoms with Gasteiger partial charge in [-0.05, 0) is 38.5 Å². The number of ether oxygens (including phenoxy) is 2. The maximum absolute atomic E-state index is 12.5. The summed E-state index contributed by atoms with van der Waals surface area (Å²) in [7, 11) is -4.43. The normalized spacial score (nSPS) is 15.1. The van der Waals surface area contributed by atoms with Crippen molar-refractivity contribution >= 4 is 19.8 Å². The van der Waals surface area contributed by atoms with E-state index in [9.17, 15) is 29.3 Å². The van der Waals surface area contributed by atoms with Crippen LogP contribution in [0.4, 0.5) is 0 Å². The molecule has 0 fully saturated rings. The first kappa shape index (κ1) is 50.9. The van der Waals surface area contributed by atoms with Crippen LogP contribution < -0.4 is 5.73 Å². The molecule has 0 radical (unpaired) electrons. The predicted octanol–water partition coefficient (Wildman–Crippen LogP) is 9.10. The van der Waals surface area contributed by atoms with Gasteiger partial charge < -0.3 is 30.3 Å². The Hall–Kier alpha value is -2.11. The molecule has 0 heterocycles. The number of aliphatic hydroxyl groups is 2. The van der Waals surface area contributed by atoms with Crippen molar-refractivity contribution in [2.45, 2.75) is 173 Å². The standard InChI is InChI=1S/C41H74NO10P/c1-3-5-7-9-11-12-13-14-15-16-17-19-25-31-41(46)52-39(36-51-53(47,48)50-34-33-42)35-49-40(45)32-26-30-38(44)29-24-21-20-23-28-37(43)27-22-18-10-8-6-4-2/h18,20-24,28-29,37-39,43-44H,3-17,19,25-27,30-36,42H2,1-2H3,(H,47,48)/b21-20+,22-18-,28-23+,29-24-/t37-,38-,39-/m1/s1. The first-order chi connectivity index (χ1) is 25.6. The van der Waals surface area contributed by atoms with Gasteiger partial charge in [0.2, 0.25) is 0 Å². The van der Waals surface area contributed by atoms with E-state index in [1.165, 1.54) is 77.0 Å². The van der Waals surface area contributed by atoms with Crippen molar-refractivity contribution in [3.8, 4) is 0 Å². The van der Waals surface area contributed by atoms with E-state index in [4.69, 9.17) is 24.3 Å². The molecule has 0 aromatic carbocycles. The monoisotopic (exact) mass is 772 g/mol. The Labute approximate surface area is 321 Å². The molecule has 308 valence electrons. The van der Waals surface area contributed by atoms with Crippen LogP contribution in [0.15, 0.2) is 48.6 Å². The lowest BCUT2D eigenvalue weighted by molar-refractivity contribution is -0.161. The van der Waals surface area contributed by atoms with Gasteiger partial charge in [0.05, 0.1) is 25.4 Å². The van der Waals surface area contributed by atoms with Gasteiger partial charge in [-0.15, -0.1) is 0 Å². The average Bonchev–Trinajstić information content (AvgIpc) is 3.13. The van der Waals surface area contributed by atoms with Crippen LogP contribution in [0.2, 0.25) is 0 Å². The van der Waals surface area contributed by atoms with Gasteiger partial charge in [-0.25, -0.2) is 4.57 Å². The number of aliphatic hydroxyl groups excluding tert-OH is 2. The number of allylic oxidation sites excluding steroid dienone is 5. The highest BCUT2D eigenvalue weighted by atomic mass is 31.2. The smallest absolute Gasteiger partial charge is 0.462 e. The Morgan fingerprint density at radius 2 is 1.21 bits per heavy atom. The fourth-order valence-electron chi connectivity index (χ4n) is 5.30. The van der Waals surface area contributed by atoms with E-state index >= 15 is 0 Å². The molecule has 0 spiro atoms. The molecule has 53 heavy (non-hydrogen) atoms. The number of hydrogen-bond donors (Lipinski definition) is 4. The summed E-state index contributed by atoms with van der Waals surface area (Å²) in [6.07, 6.45) is 33.4. The van der Waals surface area contributed by atoms with Crippen LogP contribution in [0.25, 0.3) is 0 Å². The van der Waals surface area contributed by atoms with Crippen LogP contribution in [0.3, 0.4) is 0 Å². The van der Waals surface area contributed by atoms with Gasteiger partial charge in [0.25, 0.3) is 0 Å². The Balaban J connectivity index is 4.46. The highest BCUT2D eigenvalue weighted by Gasteiger charge is 2.26. The summed E-state index contributed by atoms with van der Waals surface area (Å²) in [6.45, 7) is 3.37. The lowest BCUT2D eigenvalue weighted by Crippen LogP contribution is -2.29. The number of carbonyl (C=O) groups is 2. The number of phosphoric acid groups is 1. The zero-order valence-corrected chi connectivity index (χ0v) is 33.9. The van der Waals surface area contributed by atoms with E-state index in [0.717, 1.165) is 25.7 Å². The van der Waals surface area contributed by atoms with Crippen molar-refractivity contribution in [1.82, 2.24) is 0 Å².